The summed E-state index contributed by atoms with van der Waals surface area (Å²) in [4.78, 5) is 14.1. The Bertz CT molecular complexity index is 687. The quantitative estimate of drug-likeness (QED) is 0.851. The number of nitrogens with zero attached hydrogens (tertiary/aromatic N) is 1. The summed E-state index contributed by atoms with van der Waals surface area (Å²) >= 11 is 0. The van der Waals surface area contributed by atoms with E-state index in [1.165, 1.54) is 0 Å². The van der Waals surface area contributed by atoms with Crippen LogP contribution >= 0.6 is 0 Å². The Morgan fingerprint density at radius 3 is 2.70 bits per heavy atom. The van der Waals surface area contributed by atoms with Crippen molar-refractivity contribution in [3.8, 4) is 17.2 Å². The first kappa shape index (κ1) is 15.2. The highest BCUT2D eigenvalue weighted by molar-refractivity contribution is 5.80. The van der Waals surface area contributed by atoms with Gasteiger partial charge in [-0.15, -0.1) is 0 Å². The minimum atomic E-state index is -0.580. The van der Waals surface area contributed by atoms with E-state index in [0.29, 0.717) is 23.8 Å². The summed E-state index contributed by atoms with van der Waals surface area (Å²) < 4.78 is 16.3. The predicted molar refractivity (Wildman–Crippen MR) is 85.6 cm³/mol. The average molecular weight is 313 g/mol. The largest absolute Gasteiger partial charge is 0.481 e. The van der Waals surface area contributed by atoms with Gasteiger partial charge < -0.3 is 19.1 Å². The molecule has 0 fully saturated rings. The molecule has 1 atom stereocenters. The van der Waals surface area contributed by atoms with Crippen LogP contribution in [0.5, 0.6) is 17.2 Å². The number of benzene rings is 2. The Labute approximate surface area is 135 Å². The van der Waals surface area contributed by atoms with Crippen molar-refractivity contribution in [3.63, 3.8) is 0 Å². The summed E-state index contributed by atoms with van der Waals surface area (Å²) in [5, 5.41) is 0. The van der Waals surface area contributed by atoms with Gasteiger partial charge >= 0.3 is 0 Å². The van der Waals surface area contributed by atoms with Crippen molar-refractivity contribution >= 4 is 5.91 Å². The number of rotatable bonds is 5. The lowest BCUT2D eigenvalue weighted by Crippen LogP contribution is -2.37. The average Bonchev–Trinajstić information content (AvgIpc) is 3.02. The molecule has 0 N–H and O–H groups in total. The maximum Gasteiger partial charge on any atom is 0.263 e. The van der Waals surface area contributed by atoms with Gasteiger partial charge in [0, 0.05) is 19.7 Å². The van der Waals surface area contributed by atoms with E-state index < -0.39 is 6.10 Å². The number of hydrogen-bond acceptors (Lipinski definition) is 4. The molecule has 1 amide bonds. The van der Waals surface area contributed by atoms with Crippen LogP contribution in [0, 0.1) is 0 Å². The first-order valence-corrected chi connectivity index (χ1v) is 7.48. The zero-order valence-electron chi connectivity index (χ0n) is 13.2. The molecule has 1 aliphatic heterocycles. The van der Waals surface area contributed by atoms with Crippen LogP contribution in [0.4, 0.5) is 0 Å². The third kappa shape index (κ3) is 3.56. The highest BCUT2D eigenvalue weighted by Crippen LogP contribution is 2.35. The number of carbonyl (C=O) groups is 1. The lowest BCUT2D eigenvalue weighted by molar-refractivity contribution is -0.137. The van der Waals surface area contributed by atoms with Gasteiger partial charge in [-0.2, -0.15) is 0 Å². The number of amides is 1. The lowest BCUT2D eigenvalue weighted by atomic mass is 10.2. The van der Waals surface area contributed by atoms with Gasteiger partial charge in [0.15, 0.2) is 17.6 Å². The van der Waals surface area contributed by atoms with Gasteiger partial charge in [0.1, 0.15) is 5.75 Å². The Morgan fingerprint density at radius 2 is 1.91 bits per heavy atom. The zero-order chi connectivity index (χ0) is 16.2. The Kier molecular flexibility index (Phi) is 4.37. The molecule has 0 aliphatic carbocycles. The van der Waals surface area contributed by atoms with E-state index in [-0.39, 0.29) is 12.7 Å². The molecule has 5 heteroatoms. The number of carbonyl (C=O) groups excluding carboxylic acids is 1. The Hall–Kier alpha value is -2.69. The van der Waals surface area contributed by atoms with E-state index >= 15 is 0 Å². The topological polar surface area (TPSA) is 48.0 Å². The second-order valence-electron chi connectivity index (χ2n) is 5.46. The van der Waals surface area contributed by atoms with Crippen molar-refractivity contribution in [2.75, 3.05) is 13.8 Å². The molecule has 3 rings (SSSR count). The first-order chi connectivity index (χ1) is 11.1. The molecule has 0 aromatic heterocycles. The van der Waals surface area contributed by atoms with Gasteiger partial charge in [-0.1, -0.05) is 30.3 Å². The third-order valence-electron chi connectivity index (χ3n) is 3.64. The van der Waals surface area contributed by atoms with Crippen molar-refractivity contribution in [3.05, 3.63) is 54.1 Å². The van der Waals surface area contributed by atoms with Crippen molar-refractivity contribution < 1.29 is 19.0 Å². The van der Waals surface area contributed by atoms with Gasteiger partial charge in [0.25, 0.3) is 5.91 Å². The van der Waals surface area contributed by atoms with Crippen LogP contribution in [0.2, 0.25) is 0 Å². The monoisotopic (exact) mass is 313 g/mol. The van der Waals surface area contributed by atoms with Crippen molar-refractivity contribution in [2.45, 2.75) is 19.6 Å². The highest BCUT2D eigenvalue weighted by atomic mass is 16.7. The van der Waals surface area contributed by atoms with Gasteiger partial charge in [-0.25, -0.2) is 0 Å². The summed E-state index contributed by atoms with van der Waals surface area (Å²) in [7, 11) is 1.77. The summed E-state index contributed by atoms with van der Waals surface area (Å²) in [5.74, 6) is 1.84. The zero-order valence-corrected chi connectivity index (χ0v) is 13.2. The minimum Gasteiger partial charge on any atom is -0.481 e. The second kappa shape index (κ2) is 6.60. The van der Waals surface area contributed by atoms with Gasteiger partial charge in [-0.05, 0) is 24.6 Å². The molecule has 1 aliphatic rings. The molecule has 0 saturated carbocycles. The standard InChI is InChI=1S/C18H19NO4/c1-13(18(20)19(2)11-14-6-4-3-5-7-14)23-15-8-9-16-17(10-15)22-12-21-16/h3-10,13H,11-12H2,1-2H3/t13-/m1/s1. The third-order valence-corrected chi connectivity index (χ3v) is 3.64. The summed E-state index contributed by atoms with van der Waals surface area (Å²) in [6, 6.07) is 15.2. The predicted octanol–water partition coefficient (Wildman–Crippen LogP) is 2.84. The van der Waals surface area contributed by atoms with Crippen LogP contribution in [0.1, 0.15) is 12.5 Å². The summed E-state index contributed by atoms with van der Waals surface area (Å²) in [6.45, 7) is 2.51. The van der Waals surface area contributed by atoms with Crippen LogP contribution in [0.15, 0.2) is 48.5 Å². The number of fused-ring (bicyclic) bond motifs is 1. The number of ether oxygens (including phenoxy) is 3. The van der Waals surface area contributed by atoms with Crippen LogP contribution < -0.4 is 14.2 Å². The van der Waals surface area contributed by atoms with Gasteiger partial charge in [0.2, 0.25) is 6.79 Å². The van der Waals surface area contributed by atoms with E-state index in [9.17, 15) is 4.79 Å². The molecular formula is C18H19NO4. The van der Waals surface area contributed by atoms with Crippen LogP contribution in [0.3, 0.4) is 0 Å². The molecule has 2 aromatic carbocycles. The molecule has 120 valence electrons. The first-order valence-electron chi connectivity index (χ1n) is 7.48. The normalized spacial score (nSPS) is 13.5. The van der Waals surface area contributed by atoms with E-state index in [2.05, 4.69) is 0 Å². The van der Waals surface area contributed by atoms with E-state index in [1.54, 1.807) is 37.1 Å². The second-order valence-corrected chi connectivity index (χ2v) is 5.46. The smallest absolute Gasteiger partial charge is 0.263 e. The Morgan fingerprint density at radius 1 is 1.17 bits per heavy atom. The van der Waals surface area contributed by atoms with Crippen LogP contribution in [-0.4, -0.2) is 30.8 Å². The highest BCUT2D eigenvalue weighted by Gasteiger charge is 2.21. The molecule has 2 aromatic rings. The summed E-state index contributed by atoms with van der Waals surface area (Å²) in [5.41, 5.74) is 1.08. The molecule has 0 bridgehead atoms. The van der Waals surface area contributed by atoms with E-state index in [0.717, 1.165) is 5.56 Å². The molecule has 5 nitrogen and oxygen atoms in total. The van der Waals surface area contributed by atoms with E-state index in [1.807, 2.05) is 30.3 Å². The van der Waals surface area contributed by atoms with E-state index in [4.69, 9.17) is 14.2 Å². The molecule has 0 saturated heterocycles. The van der Waals surface area contributed by atoms with Crippen molar-refractivity contribution in [1.29, 1.82) is 0 Å². The lowest BCUT2D eigenvalue weighted by Gasteiger charge is -2.22. The molecule has 23 heavy (non-hydrogen) atoms. The fraction of sp³-hybridized carbons (Fsp3) is 0.278. The molecule has 0 radical (unpaired) electrons. The summed E-state index contributed by atoms with van der Waals surface area (Å²) in [6.07, 6.45) is -0.580. The number of likely N-dealkylation sites (N-methyl/N-ethyl adjacent to an activating group) is 1. The molecular weight excluding hydrogens is 294 g/mol. The molecule has 0 unspecified atom stereocenters. The molecule has 0 spiro atoms. The van der Waals surface area contributed by atoms with Crippen LogP contribution in [0.25, 0.3) is 0 Å². The Balaban J connectivity index is 1.61. The minimum absolute atomic E-state index is 0.0773. The molecule has 1 heterocycles. The van der Waals surface area contributed by atoms with Crippen molar-refractivity contribution in [2.24, 2.45) is 0 Å². The van der Waals surface area contributed by atoms with Crippen molar-refractivity contribution in [1.82, 2.24) is 4.90 Å². The van der Waals surface area contributed by atoms with Gasteiger partial charge in [-0.3, -0.25) is 4.79 Å². The fourth-order valence-corrected chi connectivity index (χ4v) is 2.45. The number of hydrogen-bond donors (Lipinski definition) is 0. The van der Waals surface area contributed by atoms with Gasteiger partial charge in [0.05, 0.1) is 0 Å². The maximum atomic E-state index is 12.4. The SMILES string of the molecule is C[C@@H](Oc1ccc2c(c1)OCO2)C(=O)N(C)Cc1ccccc1. The van der Waals surface area contributed by atoms with Crippen LogP contribution in [-0.2, 0) is 11.3 Å². The fourth-order valence-electron chi connectivity index (χ4n) is 2.45. The maximum absolute atomic E-state index is 12.4.